The molecule has 2 aromatic heterocycles. The van der Waals surface area contributed by atoms with E-state index in [1.54, 1.807) is 7.11 Å². The summed E-state index contributed by atoms with van der Waals surface area (Å²) in [6, 6.07) is 17.2. The number of aromatic nitrogens is 4. The Morgan fingerprint density at radius 1 is 1.00 bits per heavy atom. The smallest absolute Gasteiger partial charge is 0.119 e. The van der Waals surface area contributed by atoms with Crippen molar-refractivity contribution in [3.8, 4) is 22.7 Å². The molecule has 4 aromatic rings. The molecule has 0 saturated heterocycles. The van der Waals surface area contributed by atoms with E-state index >= 15 is 0 Å². The summed E-state index contributed by atoms with van der Waals surface area (Å²) in [7, 11) is 1.68. The van der Waals surface area contributed by atoms with Crippen LogP contribution in [0.3, 0.4) is 0 Å². The summed E-state index contributed by atoms with van der Waals surface area (Å²) in [5, 5.41) is 11.1. The van der Waals surface area contributed by atoms with Gasteiger partial charge in [0.15, 0.2) is 0 Å². The second-order valence-corrected chi connectivity index (χ2v) is 7.76. The van der Waals surface area contributed by atoms with Gasteiger partial charge in [0.1, 0.15) is 5.75 Å². The third kappa shape index (κ3) is 3.20. The van der Waals surface area contributed by atoms with Gasteiger partial charge < -0.3 is 4.74 Å². The molecule has 2 aromatic carbocycles. The number of methoxy groups -OCH3 is 1. The predicted molar refractivity (Wildman–Crippen MR) is 116 cm³/mol. The third-order valence-electron chi connectivity index (χ3n) is 6.01. The molecule has 0 unspecified atom stereocenters. The van der Waals surface area contributed by atoms with Crippen molar-refractivity contribution in [2.45, 2.75) is 45.1 Å². The van der Waals surface area contributed by atoms with Gasteiger partial charge in [-0.2, -0.15) is 10.2 Å². The van der Waals surface area contributed by atoms with Crippen molar-refractivity contribution in [2.75, 3.05) is 7.11 Å². The molecule has 5 heteroatoms. The number of benzene rings is 2. The van der Waals surface area contributed by atoms with Crippen LogP contribution in [0, 0.1) is 0 Å². The number of hydrogen-bond donors (Lipinski definition) is 0. The molecule has 0 amide bonds. The average molecular weight is 386 g/mol. The van der Waals surface area contributed by atoms with E-state index in [2.05, 4.69) is 35.9 Å². The van der Waals surface area contributed by atoms with Gasteiger partial charge in [-0.15, -0.1) is 0 Å². The summed E-state index contributed by atoms with van der Waals surface area (Å²) < 4.78 is 9.44. The van der Waals surface area contributed by atoms with Crippen LogP contribution in [0.1, 0.15) is 44.3 Å². The molecule has 148 valence electrons. The number of aryl methyl sites for hydroxylation is 1. The molecule has 0 aliphatic heterocycles. The van der Waals surface area contributed by atoms with Crippen LogP contribution >= 0.6 is 0 Å². The molecule has 0 spiro atoms. The van der Waals surface area contributed by atoms with E-state index in [0.29, 0.717) is 6.04 Å². The molecular weight excluding hydrogens is 360 g/mol. The lowest BCUT2D eigenvalue weighted by Gasteiger charge is -2.11. The maximum absolute atomic E-state index is 5.25. The predicted octanol–water partition coefficient (Wildman–Crippen LogP) is 5.58. The van der Waals surface area contributed by atoms with E-state index in [1.165, 1.54) is 42.3 Å². The lowest BCUT2D eigenvalue weighted by molar-refractivity contribution is 0.414. The molecule has 0 atom stereocenters. The highest BCUT2D eigenvalue weighted by molar-refractivity contribution is 5.86. The zero-order chi connectivity index (χ0) is 19.8. The van der Waals surface area contributed by atoms with Gasteiger partial charge in [0, 0.05) is 17.1 Å². The van der Waals surface area contributed by atoms with E-state index in [-0.39, 0.29) is 0 Å². The van der Waals surface area contributed by atoms with Crippen LogP contribution in [-0.4, -0.2) is 26.7 Å². The minimum absolute atomic E-state index is 0.532. The molecule has 5 rings (SSSR count). The molecule has 1 fully saturated rings. The normalized spacial score (nSPS) is 14.7. The molecule has 0 bridgehead atoms. The van der Waals surface area contributed by atoms with E-state index in [0.717, 1.165) is 29.1 Å². The third-order valence-corrected chi connectivity index (χ3v) is 6.01. The van der Waals surface area contributed by atoms with Gasteiger partial charge in [0.25, 0.3) is 0 Å². The summed E-state index contributed by atoms with van der Waals surface area (Å²) in [6.45, 7) is 2.19. The molecule has 2 heterocycles. The van der Waals surface area contributed by atoms with Crippen LogP contribution in [0.2, 0.25) is 0 Å². The summed E-state index contributed by atoms with van der Waals surface area (Å²) in [5.41, 5.74) is 5.56. The van der Waals surface area contributed by atoms with Crippen LogP contribution in [0.15, 0.2) is 54.7 Å². The van der Waals surface area contributed by atoms with Crippen LogP contribution in [-0.2, 0) is 6.42 Å². The highest BCUT2D eigenvalue weighted by Gasteiger charge is 2.21. The molecule has 5 nitrogen and oxygen atoms in total. The first-order chi connectivity index (χ1) is 14.3. The van der Waals surface area contributed by atoms with Crippen molar-refractivity contribution < 1.29 is 4.74 Å². The van der Waals surface area contributed by atoms with Gasteiger partial charge in [-0.1, -0.05) is 31.9 Å². The Hall–Kier alpha value is -3.08. The largest absolute Gasteiger partial charge is 0.497 e. The number of nitrogens with zero attached hydrogens (tertiary/aromatic N) is 4. The first-order valence-electron chi connectivity index (χ1n) is 10.5. The zero-order valence-electron chi connectivity index (χ0n) is 17.0. The lowest BCUT2D eigenvalue weighted by atomic mass is 10.1. The molecule has 1 saturated carbocycles. The molecule has 1 aliphatic rings. The Morgan fingerprint density at radius 3 is 2.52 bits per heavy atom. The molecule has 1 aliphatic carbocycles. The molecule has 0 radical (unpaired) electrons. The number of fused-ring (bicyclic) bond motifs is 1. The quantitative estimate of drug-likeness (QED) is 0.450. The van der Waals surface area contributed by atoms with Crippen molar-refractivity contribution >= 4 is 10.9 Å². The Bertz CT molecular complexity index is 1130. The molecular formula is C24H26N4O. The summed E-state index contributed by atoms with van der Waals surface area (Å²) in [4.78, 5) is 0. The van der Waals surface area contributed by atoms with Gasteiger partial charge in [-0.05, 0) is 55.7 Å². The van der Waals surface area contributed by atoms with Crippen molar-refractivity contribution in [3.63, 3.8) is 0 Å². The van der Waals surface area contributed by atoms with E-state index in [4.69, 9.17) is 14.9 Å². The Labute approximate surface area is 170 Å². The maximum atomic E-state index is 5.25. The summed E-state index contributed by atoms with van der Waals surface area (Å²) >= 11 is 0. The van der Waals surface area contributed by atoms with Gasteiger partial charge in [0.2, 0.25) is 0 Å². The second kappa shape index (κ2) is 7.39. The number of rotatable bonds is 5. The Balaban J connectivity index is 1.53. The van der Waals surface area contributed by atoms with Crippen LogP contribution in [0.5, 0.6) is 5.75 Å². The first-order valence-corrected chi connectivity index (χ1v) is 10.5. The number of ether oxygens (including phenoxy) is 1. The van der Waals surface area contributed by atoms with Crippen LogP contribution in [0.4, 0.5) is 0 Å². The van der Waals surface area contributed by atoms with Gasteiger partial charge in [0.05, 0.1) is 35.7 Å². The lowest BCUT2D eigenvalue weighted by Crippen LogP contribution is -2.06. The van der Waals surface area contributed by atoms with Crippen molar-refractivity contribution in [3.05, 3.63) is 60.4 Å². The summed E-state index contributed by atoms with van der Waals surface area (Å²) in [5.74, 6) is 0.846. The Morgan fingerprint density at radius 2 is 1.79 bits per heavy atom. The fraction of sp³-hybridized carbons (Fsp3) is 0.333. The van der Waals surface area contributed by atoms with E-state index < -0.39 is 0 Å². The van der Waals surface area contributed by atoms with Gasteiger partial charge >= 0.3 is 0 Å². The van der Waals surface area contributed by atoms with Crippen molar-refractivity contribution in [1.82, 2.24) is 19.6 Å². The van der Waals surface area contributed by atoms with E-state index in [9.17, 15) is 0 Å². The van der Waals surface area contributed by atoms with Crippen molar-refractivity contribution in [2.24, 2.45) is 0 Å². The number of hydrogen-bond acceptors (Lipinski definition) is 3. The van der Waals surface area contributed by atoms with Gasteiger partial charge in [-0.25, -0.2) is 4.68 Å². The first kappa shape index (κ1) is 18.0. The van der Waals surface area contributed by atoms with Gasteiger partial charge in [-0.3, -0.25) is 4.68 Å². The highest BCUT2D eigenvalue weighted by Crippen LogP contribution is 2.34. The fourth-order valence-corrected chi connectivity index (χ4v) is 4.41. The van der Waals surface area contributed by atoms with E-state index in [1.807, 2.05) is 35.1 Å². The standard InChI is InChI=1S/C24H26N4O/c1-3-22-21-13-8-17(16-24(21)28(26-22)19-6-4-5-7-19)23-14-15-27(25-23)18-9-11-20(29-2)12-10-18/h8-16,19H,3-7H2,1-2H3. The summed E-state index contributed by atoms with van der Waals surface area (Å²) in [6.07, 6.45) is 8.04. The van der Waals surface area contributed by atoms with Crippen LogP contribution in [0.25, 0.3) is 27.8 Å². The fourth-order valence-electron chi connectivity index (χ4n) is 4.41. The second-order valence-electron chi connectivity index (χ2n) is 7.76. The SMILES string of the molecule is CCc1nn(C2CCCC2)c2cc(-c3ccn(-c4ccc(OC)cc4)n3)ccc12. The minimum atomic E-state index is 0.532. The molecule has 0 N–H and O–H groups in total. The average Bonchev–Trinajstić information content (AvgIpc) is 3.52. The zero-order valence-corrected chi connectivity index (χ0v) is 17.0. The molecule has 29 heavy (non-hydrogen) atoms. The monoisotopic (exact) mass is 386 g/mol. The minimum Gasteiger partial charge on any atom is -0.497 e. The Kier molecular flexibility index (Phi) is 4.58. The van der Waals surface area contributed by atoms with Crippen molar-refractivity contribution in [1.29, 1.82) is 0 Å². The topological polar surface area (TPSA) is 44.9 Å². The van der Waals surface area contributed by atoms with Crippen LogP contribution < -0.4 is 4.74 Å². The maximum Gasteiger partial charge on any atom is 0.119 e. The highest BCUT2D eigenvalue weighted by atomic mass is 16.5.